The number of aromatic nitrogens is 2. The lowest BCUT2D eigenvalue weighted by Crippen LogP contribution is -2.41. The van der Waals surface area contributed by atoms with Crippen molar-refractivity contribution in [2.45, 2.75) is 64.5 Å². The third-order valence-corrected chi connectivity index (χ3v) is 6.33. The van der Waals surface area contributed by atoms with Crippen molar-refractivity contribution in [2.75, 3.05) is 32.7 Å². The molecule has 1 atom stereocenters. The van der Waals surface area contributed by atoms with E-state index in [0.29, 0.717) is 19.6 Å². The summed E-state index contributed by atoms with van der Waals surface area (Å²) in [4.78, 5) is 40.2. The molecule has 7 heteroatoms. The summed E-state index contributed by atoms with van der Waals surface area (Å²) in [6.07, 6.45) is 9.52. The van der Waals surface area contributed by atoms with Crippen molar-refractivity contribution < 1.29 is 9.59 Å². The van der Waals surface area contributed by atoms with Crippen LogP contribution in [0.25, 0.3) is 0 Å². The van der Waals surface area contributed by atoms with Gasteiger partial charge >= 0.3 is 0 Å². The SMILES string of the molecule is CC(=O)N1CCc2nc(C3CCCN3C(=O)CN3CCCCCC3)ncc2C1. The van der Waals surface area contributed by atoms with Crippen LogP contribution in [0.15, 0.2) is 6.20 Å². The Balaban J connectivity index is 1.44. The standard InChI is InChI=1S/C21H31N5O2/c1-16(27)25-12-8-18-17(14-25)13-22-21(23-18)19-7-6-11-26(19)20(28)15-24-9-4-2-3-5-10-24/h13,19H,2-12,14-15H2,1H3. The Hall–Kier alpha value is -2.02. The second-order valence-corrected chi connectivity index (χ2v) is 8.33. The van der Waals surface area contributed by atoms with Gasteiger partial charge in [0.15, 0.2) is 5.82 Å². The van der Waals surface area contributed by atoms with E-state index < -0.39 is 0 Å². The maximum absolute atomic E-state index is 13.0. The van der Waals surface area contributed by atoms with Crippen LogP contribution >= 0.6 is 0 Å². The molecule has 28 heavy (non-hydrogen) atoms. The number of carbonyl (C=O) groups excluding carboxylic acids is 2. The largest absolute Gasteiger partial charge is 0.338 e. The van der Waals surface area contributed by atoms with E-state index in [1.54, 1.807) is 6.92 Å². The molecule has 4 rings (SSSR count). The molecule has 0 aromatic carbocycles. The fraction of sp³-hybridized carbons (Fsp3) is 0.714. The summed E-state index contributed by atoms with van der Waals surface area (Å²) in [5, 5.41) is 0. The lowest BCUT2D eigenvalue weighted by molar-refractivity contribution is -0.133. The average molecular weight is 386 g/mol. The molecule has 152 valence electrons. The highest BCUT2D eigenvalue weighted by molar-refractivity contribution is 5.79. The first-order chi connectivity index (χ1) is 13.6. The first-order valence-corrected chi connectivity index (χ1v) is 10.7. The molecule has 3 aliphatic heterocycles. The van der Waals surface area contributed by atoms with Gasteiger partial charge in [0.2, 0.25) is 11.8 Å². The van der Waals surface area contributed by atoms with E-state index >= 15 is 0 Å². The topological polar surface area (TPSA) is 69.6 Å². The summed E-state index contributed by atoms with van der Waals surface area (Å²) in [6, 6.07) is -0.00406. The molecule has 0 radical (unpaired) electrons. The molecular weight excluding hydrogens is 354 g/mol. The van der Waals surface area contributed by atoms with Crippen LogP contribution < -0.4 is 0 Å². The second kappa shape index (κ2) is 8.55. The Labute approximate surface area is 167 Å². The molecule has 2 fully saturated rings. The number of likely N-dealkylation sites (tertiary alicyclic amines) is 2. The molecule has 0 spiro atoms. The molecule has 1 unspecified atom stereocenters. The minimum absolute atomic E-state index is 0.00406. The van der Waals surface area contributed by atoms with E-state index in [1.807, 2.05) is 16.0 Å². The van der Waals surface area contributed by atoms with E-state index in [4.69, 9.17) is 4.98 Å². The quantitative estimate of drug-likeness (QED) is 0.795. The summed E-state index contributed by atoms with van der Waals surface area (Å²) < 4.78 is 0. The molecule has 0 aliphatic carbocycles. The van der Waals surface area contributed by atoms with Crippen LogP contribution in [0.4, 0.5) is 0 Å². The minimum Gasteiger partial charge on any atom is -0.338 e. The smallest absolute Gasteiger partial charge is 0.237 e. The van der Waals surface area contributed by atoms with Crippen molar-refractivity contribution in [3.05, 3.63) is 23.3 Å². The molecule has 2 amide bonds. The number of rotatable bonds is 3. The maximum atomic E-state index is 13.0. The molecule has 0 bridgehead atoms. The summed E-state index contributed by atoms with van der Waals surface area (Å²) >= 11 is 0. The van der Waals surface area contributed by atoms with E-state index in [0.717, 1.165) is 56.0 Å². The van der Waals surface area contributed by atoms with Crippen molar-refractivity contribution in [3.63, 3.8) is 0 Å². The van der Waals surface area contributed by atoms with E-state index in [9.17, 15) is 9.59 Å². The van der Waals surface area contributed by atoms with Crippen molar-refractivity contribution in [1.29, 1.82) is 0 Å². The molecule has 2 saturated heterocycles. The van der Waals surface area contributed by atoms with Gasteiger partial charge in [-0.25, -0.2) is 9.97 Å². The van der Waals surface area contributed by atoms with Gasteiger partial charge in [0.25, 0.3) is 0 Å². The predicted octanol–water partition coefficient (Wildman–Crippen LogP) is 1.92. The summed E-state index contributed by atoms with van der Waals surface area (Å²) in [5.41, 5.74) is 2.07. The first kappa shape index (κ1) is 19.3. The van der Waals surface area contributed by atoms with Crippen molar-refractivity contribution in [2.24, 2.45) is 0 Å². The third-order valence-electron chi connectivity index (χ3n) is 6.33. The molecular formula is C21H31N5O2. The number of fused-ring (bicyclic) bond motifs is 1. The molecule has 0 N–H and O–H groups in total. The lowest BCUT2D eigenvalue weighted by atomic mass is 10.1. The number of hydrogen-bond donors (Lipinski definition) is 0. The highest BCUT2D eigenvalue weighted by Gasteiger charge is 2.33. The van der Waals surface area contributed by atoms with E-state index in [2.05, 4.69) is 9.88 Å². The predicted molar refractivity (Wildman–Crippen MR) is 105 cm³/mol. The van der Waals surface area contributed by atoms with Crippen LogP contribution in [-0.4, -0.2) is 69.2 Å². The van der Waals surface area contributed by atoms with Crippen LogP contribution in [0.2, 0.25) is 0 Å². The number of nitrogens with zero attached hydrogens (tertiary/aromatic N) is 5. The highest BCUT2D eigenvalue weighted by atomic mass is 16.2. The monoisotopic (exact) mass is 385 g/mol. The van der Waals surface area contributed by atoms with Gasteiger partial charge in [-0.3, -0.25) is 14.5 Å². The molecule has 1 aromatic rings. The Morgan fingerprint density at radius 2 is 1.86 bits per heavy atom. The average Bonchev–Trinajstić information content (AvgIpc) is 3.06. The second-order valence-electron chi connectivity index (χ2n) is 8.33. The van der Waals surface area contributed by atoms with Gasteiger partial charge in [0.1, 0.15) is 0 Å². The fourth-order valence-corrected chi connectivity index (χ4v) is 4.67. The Morgan fingerprint density at radius 1 is 1.07 bits per heavy atom. The summed E-state index contributed by atoms with van der Waals surface area (Å²) in [5.74, 6) is 1.08. The minimum atomic E-state index is -0.00406. The number of hydrogen-bond acceptors (Lipinski definition) is 5. The van der Waals surface area contributed by atoms with Gasteiger partial charge in [0, 0.05) is 44.7 Å². The van der Waals surface area contributed by atoms with E-state index in [1.165, 1.54) is 25.7 Å². The fourth-order valence-electron chi connectivity index (χ4n) is 4.67. The van der Waals surface area contributed by atoms with Gasteiger partial charge in [-0.2, -0.15) is 0 Å². The van der Waals surface area contributed by atoms with Gasteiger partial charge in [0.05, 0.1) is 18.3 Å². The van der Waals surface area contributed by atoms with Crippen LogP contribution in [0, 0.1) is 0 Å². The van der Waals surface area contributed by atoms with Gasteiger partial charge in [-0.05, 0) is 38.8 Å². The summed E-state index contributed by atoms with van der Waals surface area (Å²) in [7, 11) is 0. The van der Waals surface area contributed by atoms with E-state index in [-0.39, 0.29) is 17.9 Å². The zero-order valence-electron chi connectivity index (χ0n) is 16.9. The third kappa shape index (κ3) is 4.19. The van der Waals surface area contributed by atoms with Crippen LogP contribution in [0.3, 0.4) is 0 Å². The first-order valence-electron chi connectivity index (χ1n) is 10.7. The molecule has 7 nitrogen and oxygen atoms in total. The van der Waals surface area contributed by atoms with Crippen molar-refractivity contribution in [1.82, 2.24) is 24.7 Å². The highest BCUT2D eigenvalue weighted by Crippen LogP contribution is 2.31. The molecule has 3 aliphatic rings. The van der Waals surface area contributed by atoms with Crippen molar-refractivity contribution >= 4 is 11.8 Å². The number of carbonyl (C=O) groups is 2. The Bertz CT molecular complexity index is 730. The van der Waals surface area contributed by atoms with Crippen LogP contribution in [0.1, 0.15) is 68.6 Å². The lowest BCUT2D eigenvalue weighted by Gasteiger charge is -2.29. The number of amides is 2. The zero-order valence-corrected chi connectivity index (χ0v) is 16.9. The Morgan fingerprint density at radius 3 is 2.61 bits per heavy atom. The van der Waals surface area contributed by atoms with Gasteiger partial charge < -0.3 is 9.80 Å². The summed E-state index contributed by atoms with van der Waals surface area (Å²) in [6.45, 7) is 6.30. The molecule has 1 aromatic heterocycles. The van der Waals surface area contributed by atoms with Gasteiger partial charge in [-0.15, -0.1) is 0 Å². The van der Waals surface area contributed by atoms with Crippen LogP contribution in [0.5, 0.6) is 0 Å². The zero-order chi connectivity index (χ0) is 19.5. The normalized spacial score (nSPS) is 23.4. The molecule has 4 heterocycles. The van der Waals surface area contributed by atoms with Gasteiger partial charge in [-0.1, -0.05) is 12.8 Å². The Kier molecular flexibility index (Phi) is 5.90. The van der Waals surface area contributed by atoms with Crippen molar-refractivity contribution in [3.8, 4) is 0 Å². The maximum Gasteiger partial charge on any atom is 0.237 e. The molecule has 0 saturated carbocycles. The van der Waals surface area contributed by atoms with Crippen LogP contribution in [-0.2, 0) is 22.6 Å².